The monoisotopic (exact) mass is 383 g/mol. The quantitative estimate of drug-likeness (QED) is 0.684. The van der Waals surface area contributed by atoms with E-state index < -0.39 is 0 Å². The molecule has 142 valence electrons. The Morgan fingerprint density at radius 1 is 1.26 bits per heavy atom. The fraction of sp³-hybridized carbons (Fsp3) is 0.333. The summed E-state index contributed by atoms with van der Waals surface area (Å²) < 4.78 is 7.38. The van der Waals surface area contributed by atoms with Crippen LogP contribution in [0.2, 0.25) is 0 Å². The molecule has 0 unspecified atom stereocenters. The number of rotatable bonds is 6. The van der Waals surface area contributed by atoms with Crippen molar-refractivity contribution in [3.05, 3.63) is 58.8 Å². The first-order valence-corrected chi connectivity index (χ1v) is 9.84. The second-order valence-corrected chi connectivity index (χ2v) is 7.72. The number of benzene rings is 1. The number of hydrogen-bond acceptors (Lipinski definition) is 4. The lowest BCUT2D eigenvalue weighted by atomic mass is 10.3. The molecule has 1 saturated heterocycles. The van der Waals surface area contributed by atoms with Gasteiger partial charge in [0.05, 0.1) is 23.7 Å². The number of aryl methyl sites for hydroxylation is 1. The predicted molar refractivity (Wildman–Crippen MR) is 112 cm³/mol. The van der Waals surface area contributed by atoms with Crippen molar-refractivity contribution in [3.8, 4) is 0 Å². The van der Waals surface area contributed by atoms with Gasteiger partial charge in [0.25, 0.3) is 5.91 Å². The number of ether oxygens (including phenoxy) is 1. The van der Waals surface area contributed by atoms with Gasteiger partial charge in [-0.05, 0) is 62.4 Å². The molecule has 1 aliphatic heterocycles. The normalized spacial score (nSPS) is 17.7. The highest BCUT2D eigenvalue weighted by molar-refractivity contribution is 8.18. The van der Waals surface area contributed by atoms with Crippen LogP contribution in [0.1, 0.15) is 31.1 Å². The summed E-state index contributed by atoms with van der Waals surface area (Å²) in [4.78, 5) is 20.0. The van der Waals surface area contributed by atoms with E-state index in [-0.39, 0.29) is 5.91 Å². The van der Waals surface area contributed by atoms with Crippen molar-refractivity contribution in [2.75, 3.05) is 20.3 Å². The summed E-state index contributed by atoms with van der Waals surface area (Å²) in [5.74, 6) is -0.0262. The average Bonchev–Trinajstić information content (AvgIpc) is 3.15. The molecule has 2 heterocycles. The molecule has 0 N–H and O–H groups in total. The number of hydrogen-bond donors (Lipinski definition) is 0. The lowest BCUT2D eigenvalue weighted by Gasteiger charge is -2.14. The molecule has 0 spiro atoms. The molecule has 0 radical (unpaired) electrons. The van der Waals surface area contributed by atoms with Gasteiger partial charge in [0.2, 0.25) is 0 Å². The number of amidine groups is 1. The molecule has 1 amide bonds. The van der Waals surface area contributed by atoms with E-state index in [1.54, 1.807) is 12.0 Å². The number of carbonyl (C=O) groups is 1. The van der Waals surface area contributed by atoms with Gasteiger partial charge >= 0.3 is 0 Å². The Bertz CT molecular complexity index is 869. The standard InChI is InChI=1S/C21H25N3O2S/c1-15(2)24-14-17(12-16(24)3)13-19-20(25)23(10-11-26-4)21(27-19)22-18-8-6-5-7-9-18/h5-9,12-15H,10-11H2,1-4H3/b19-13+,22-21?. The smallest absolute Gasteiger partial charge is 0.266 e. The minimum absolute atomic E-state index is 0.0262. The average molecular weight is 384 g/mol. The molecule has 2 aromatic rings. The maximum Gasteiger partial charge on any atom is 0.266 e. The van der Waals surface area contributed by atoms with Crippen LogP contribution < -0.4 is 0 Å². The summed E-state index contributed by atoms with van der Waals surface area (Å²) >= 11 is 1.41. The number of amides is 1. The van der Waals surface area contributed by atoms with Crippen molar-refractivity contribution in [1.82, 2.24) is 9.47 Å². The highest BCUT2D eigenvalue weighted by Crippen LogP contribution is 2.34. The van der Waals surface area contributed by atoms with Crippen molar-refractivity contribution in [2.45, 2.75) is 26.8 Å². The number of aliphatic imine (C=N–C) groups is 1. The molecule has 0 aliphatic carbocycles. The van der Waals surface area contributed by atoms with E-state index in [4.69, 9.17) is 4.74 Å². The molecular weight excluding hydrogens is 358 g/mol. The Hall–Kier alpha value is -2.31. The Morgan fingerprint density at radius 2 is 2.00 bits per heavy atom. The third-order valence-electron chi connectivity index (χ3n) is 4.31. The molecule has 1 fully saturated rings. The number of para-hydroxylation sites is 1. The number of carbonyl (C=O) groups excluding carboxylic acids is 1. The van der Waals surface area contributed by atoms with Crippen LogP contribution in [0.3, 0.4) is 0 Å². The SMILES string of the molecule is COCCN1C(=O)/C(=C\c2cc(C)n(C(C)C)c2)SC1=Nc1ccccc1. The molecule has 5 nitrogen and oxygen atoms in total. The summed E-state index contributed by atoms with van der Waals surface area (Å²) in [5.41, 5.74) is 3.05. The van der Waals surface area contributed by atoms with Crippen LogP contribution in [0.5, 0.6) is 0 Å². The highest BCUT2D eigenvalue weighted by Gasteiger charge is 2.33. The van der Waals surface area contributed by atoms with Gasteiger partial charge in [0.1, 0.15) is 0 Å². The molecule has 0 atom stereocenters. The van der Waals surface area contributed by atoms with Crippen LogP contribution in [0.4, 0.5) is 5.69 Å². The van der Waals surface area contributed by atoms with Crippen molar-refractivity contribution < 1.29 is 9.53 Å². The van der Waals surface area contributed by atoms with Crippen molar-refractivity contribution in [2.24, 2.45) is 4.99 Å². The Balaban J connectivity index is 1.92. The first kappa shape index (κ1) is 19.5. The van der Waals surface area contributed by atoms with E-state index in [0.29, 0.717) is 29.3 Å². The summed E-state index contributed by atoms with van der Waals surface area (Å²) in [6.07, 6.45) is 4.04. The second-order valence-electron chi connectivity index (χ2n) is 6.71. The van der Waals surface area contributed by atoms with Gasteiger partial charge < -0.3 is 9.30 Å². The first-order chi connectivity index (χ1) is 13.0. The zero-order valence-electron chi connectivity index (χ0n) is 16.2. The number of nitrogens with zero attached hydrogens (tertiary/aromatic N) is 3. The molecule has 27 heavy (non-hydrogen) atoms. The van der Waals surface area contributed by atoms with E-state index in [1.807, 2.05) is 36.4 Å². The third kappa shape index (κ3) is 4.51. The lowest BCUT2D eigenvalue weighted by molar-refractivity contribution is -0.122. The topological polar surface area (TPSA) is 46.8 Å². The first-order valence-electron chi connectivity index (χ1n) is 9.02. The maximum atomic E-state index is 12.9. The van der Waals surface area contributed by atoms with Crippen molar-refractivity contribution in [3.63, 3.8) is 0 Å². The Labute approximate surface area is 164 Å². The van der Waals surface area contributed by atoms with E-state index in [9.17, 15) is 4.79 Å². The number of methoxy groups -OCH3 is 1. The molecular formula is C21H25N3O2S. The molecule has 0 bridgehead atoms. The van der Waals surface area contributed by atoms with E-state index in [0.717, 1.165) is 11.3 Å². The van der Waals surface area contributed by atoms with Crippen LogP contribution in [0, 0.1) is 6.92 Å². The Morgan fingerprint density at radius 3 is 2.63 bits per heavy atom. The zero-order valence-corrected chi connectivity index (χ0v) is 17.0. The van der Waals surface area contributed by atoms with Crippen molar-refractivity contribution in [1.29, 1.82) is 0 Å². The third-order valence-corrected chi connectivity index (χ3v) is 5.32. The maximum absolute atomic E-state index is 12.9. The summed E-state index contributed by atoms with van der Waals surface area (Å²) in [5, 5.41) is 0.689. The molecule has 6 heteroatoms. The second kappa shape index (κ2) is 8.59. The minimum atomic E-state index is -0.0262. The number of thioether (sulfide) groups is 1. The molecule has 1 aromatic carbocycles. The van der Waals surface area contributed by atoms with Gasteiger partial charge in [-0.2, -0.15) is 0 Å². The van der Waals surface area contributed by atoms with Gasteiger partial charge in [0.15, 0.2) is 5.17 Å². The van der Waals surface area contributed by atoms with Gasteiger partial charge in [-0.25, -0.2) is 4.99 Å². The van der Waals surface area contributed by atoms with E-state index >= 15 is 0 Å². The number of aromatic nitrogens is 1. The lowest BCUT2D eigenvalue weighted by Crippen LogP contribution is -2.32. The molecule has 1 aliphatic rings. The predicted octanol–water partition coefficient (Wildman–Crippen LogP) is 4.63. The molecule has 1 aromatic heterocycles. The van der Waals surface area contributed by atoms with E-state index in [2.05, 4.69) is 42.6 Å². The zero-order chi connectivity index (χ0) is 19.4. The van der Waals surface area contributed by atoms with Gasteiger partial charge in [0, 0.05) is 25.0 Å². The van der Waals surface area contributed by atoms with Gasteiger partial charge in [-0.3, -0.25) is 9.69 Å². The van der Waals surface area contributed by atoms with Crippen LogP contribution >= 0.6 is 11.8 Å². The summed E-state index contributed by atoms with van der Waals surface area (Å²) in [6.45, 7) is 7.33. The van der Waals surface area contributed by atoms with Crippen LogP contribution in [0.25, 0.3) is 6.08 Å². The van der Waals surface area contributed by atoms with Crippen molar-refractivity contribution >= 4 is 34.6 Å². The van der Waals surface area contributed by atoms with E-state index in [1.165, 1.54) is 17.5 Å². The summed E-state index contributed by atoms with van der Waals surface area (Å²) in [6, 6.07) is 12.2. The largest absolute Gasteiger partial charge is 0.383 e. The molecule has 3 rings (SSSR count). The highest BCUT2D eigenvalue weighted by atomic mass is 32.2. The Kier molecular flexibility index (Phi) is 6.19. The summed E-state index contributed by atoms with van der Waals surface area (Å²) in [7, 11) is 1.63. The fourth-order valence-corrected chi connectivity index (χ4v) is 4.01. The molecule has 0 saturated carbocycles. The van der Waals surface area contributed by atoms with Crippen LogP contribution in [-0.2, 0) is 9.53 Å². The van der Waals surface area contributed by atoms with Gasteiger partial charge in [-0.15, -0.1) is 0 Å². The fourth-order valence-electron chi connectivity index (χ4n) is 2.99. The van der Waals surface area contributed by atoms with Gasteiger partial charge in [-0.1, -0.05) is 18.2 Å². The van der Waals surface area contributed by atoms with Crippen LogP contribution in [0.15, 0.2) is 52.5 Å². The minimum Gasteiger partial charge on any atom is -0.383 e. The van der Waals surface area contributed by atoms with Crippen LogP contribution in [-0.4, -0.2) is 40.8 Å².